The van der Waals surface area contributed by atoms with Crippen molar-refractivity contribution in [2.45, 2.75) is 47.0 Å². The van der Waals surface area contributed by atoms with Gasteiger partial charge in [0.15, 0.2) is 11.5 Å². The molecule has 104 valence electrons. The highest BCUT2D eigenvalue weighted by atomic mass is 15.4. The normalized spacial score (nSPS) is 12.0. The molecule has 0 fully saturated rings. The van der Waals surface area contributed by atoms with Crippen molar-refractivity contribution in [3.8, 4) is 0 Å². The van der Waals surface area contributed by atoms with Gasteiger partial charge in [0.2, 0.25) is 0 Å². The highest BCUT2D eigenvalue weighted by Crippen LogP contribution is 2.21. The highest BCUT2D eigenvalue weighted by Gasteiger charge is 2.08. The average Bonchev–Trinajstić information content (AvgIpc) is 2.69. The van der Waals surface area contributed by atoms with E-state index >= 15 is 0 Å². The minimum atomic E-state index is 0.427. The van der Waals surface area contributed by atoms with Crippen LogP contribution < -0.4 is 5.32 Å². The molecule has 0 bridgehead atoms. The lowest BCUT2D eigenvalue weighted by Gasteiger charge is -2.17. The fraction of sp³-hybridized carbons (Fsp3) is 0.643. The number of nitrogens with one attached hydrogen (secondary N) is 1. The zero-order valence-corrected chi connectivity index (χ0v) is 12.3. The Balaban J connectivity index is 1.83. The summed E-state index contributed by atoms with van der Waals surface area (Å²) in [6.45, 7) is 9.70. The van der Waals surface area contributed by atoms with Crippen LogP contribution in [0.2, 0.25) is 0 Å². The Morgan fingerprint density at radius 3 is 2.68 bits per heavy atom. The second-order valence-corrected chi connectivity index (χ2v) is 6.18. The minimum Gasteiger partial charge on any atom is -0.369 e. The number of unbranched alkanes of at least 4 members (excludes halogenated alkanes) is 1. The zero-order valence-electron chi connectivity index (χ0n) is 12.3. The van der Waals surface area contributed by atoms with Gasteiger partial charge in [-0.1, -0.05) is 27.2 Å². The second kappa shape index (κ2) is 5.55. The summed E-state index contributed by atoms with van der Waals surface area (Å²) < 4.78 is 1.76. The molecule has 0 aliphatic rings. The molecule has 2 aromatic rings. The monoisotopic (exact) mass is 261 g/mol. The van der Waals surface area contributed by atoms with Crippen LogP contribution in [0.4, 0.5) is 5.82 Å². The standard InChI is InChI=1S/C14H23N5/c1-11-16-17-13-8-7-12(18-19(11)13)15-10-6-5-9-14(2,3)4/h7-8H,5-6,9-10H2,1-4H3,(H,15,18). The maximum absolute atomic E-state index is 4.46. The molecule has 0 aliphatic heterocycles. The second-order valence-electron chi connectivity index (χ2n) is 6.18. The van der Waals surface area contributed by atoms with E-state index in [2.05, 4.69) is 41.4 Å². The van der Waals surface area contributed by atoms with E-state index in [4.69, 9.17) is 0 Å². The molecule has 2 rings (SSSR count). The molecule has 5 heteroatoms. The van der Waals surface area contributed by atoms with Gasteiger partial charge in [-0.15, -0.1) is 15.3 Å². The van der Waals surface area contributed by atoms with Crippen LogP contribution in [0.3, 0.4) is 0 Å². The Kier molecular flexibility index (Phi) is 4.02. The van der Waals surface area contributed by atoms with Gasteiger partial charge in [-0.3, -0.25) is 0 Å². The molecule has 0 atom stereocenters. The summed E-state index contributed by atoms with van der Waals surface area (Å²) in [5.74, 6) is 1.69. The van der Waals surface area contributed by atoms with Gasteiger partial charge in [0, 0.05) is 6.54 Å². The van der Waals surface area contributed by atoms with Crippen LogP contribution in [0, 0.1) is 12.3 Å². The van der Waals surface area contributed by atoms with E-state index in [9.17, 15) is 0 Å². The summed E-state index contributed by atoms with van der Waals surface area (Å²) in [5, 5.41) is 15.8. The summed E-state index contributed by atoms with van der Waals surface area (Å²) in [5.41, 5.74) is 1.22. The van der Waals surface area contributed by atoms with Crippen LogP contribution in [0.25, 0.3) is 5.65 Å². The van der Waals surface area contributed by atoms with Gasteiger partial charge in [0.05, 0.1) is 0 Å². The largest absolute Gasteiger partial charge is 0.369 e. The Morgan fingerprint density at radius 1 is 1.16 bits per heavy atom. The molecule has 0 aliphatic carbocycles. The van der Waals surface area contributed by atoms with Crippen LogP contribution in [-0.4, -0.2) is 26.4 Å². The molecule has 19 heavy (non-hydrogen) atoms. The number of rotatable bonds is 5. The van der Waals surface area contributed by atoms with Crippen molar-refractivity contribution in [3.05, 3.63) is 18.0 Å². The lowest BCUT2D eigenvalue weighted by atomic mass is 9.90. The van der Waals surface area contributed by atoms with Crippen LogP contribution >= 0.6 is 0 Å². The van der Waals surface area contributed by atoms with Crippen molar-refractivity contribution in [3.63, 3.8) is 0 Å². The number of anilines is 1. The number of aryl methyl sites for hydroxylation is 1. The minimum absolute atomic E-state index is 0.427. The molecule has 0 saturated carbocycles. The molecule has 0 spiro atoms. The van der Waals surface area contributed by atoms with Crippen molar-refractivity contribution in [2.24, 2.45) is 5.41 Å². The average molecular weight is 261 g/mol. The number of hydrogen-bond donors (Lipinski definition) is 1. The van der Waals surface area contributed by atoms with Crippen LogP contribution in [0.5, 0.6) is 0 Å². The summed E-state index contributed by atoms with van der Waals surface area (Å²) in [7, 11) is 0. The topological polar surface area (TPSA) is 55.1 Å². The third-order valence-corrected chi connectivity index (χ3v) is 3.08. The van der Waals surface area contributed by atoms with Crippen LogP contribution in [-0.2, 0) is 0 Å². The van der Waals surface area contributed by atoms with Crippen molar-refractivity contribution in [2.75, 3.05) is 11.9 Å². The first-order valence-corrected chi connectivity index (χ1v) is 6.89. The summed E-state index contributed by atoms with van der Waals surface area (Å²) >= 11 is 0. The number of nitrogens with zero attached hydrogens (tertiary/aromatic N) is 4. The summed E-state index contributed by atoms with van der Waals surface area (Å²) in [6, 6.07) is 3.89. The maximum Gasteiger partial charge on any atom is 0.178 e. The SMILES string of the molecule is Cc1nnc2ccc(NCCCCC(C)(C)C)nn12. The Labute approximate surface area is 114 Å². The summed E-state index contributed by atoms with van der Waals surface area (Å²) in [4.78, 5) is 0. The molecule has 2 heterocycles. The van der Waals surface area contributed by atoms with Crippen LogP contribution in [0.1, 0.15) is 45.9 Å². The zero-order chi connectivity index (χ0) is 13.9. The molecule has 0 radical (unpaired) electrons. The van der Waals surface area contributed by atoms with Gasteiger partial charge in [-0.05, 0) is 37.3 Å². The fourth-order valence-corrected chi connectivity index (χ4v) is 1.99. The van der Waals surface area contributed by atoms with Gasteiger partial charge in [-0.25, -0.2) is 0 Å². The van der Waals surface area contributed by atoms with E-state index in [0.29, 0.717) is 5.41 Å². The molecular formula is C14H23N5. The number of fused-ring (bicyclic) bond motifs is 1. The van der Waals surface area contributed by atoms with Gasteiger partial charge in [-0.2, -0.15) is 4.52 Å². The number of hydrogen-bond acceptors (Lipinski definition) is 4. The predicted octanol–water partition coefficient (Wildman–Crippen LogP) is 3.06. The fourth-order valence-electron chi connectivity index (χ4n) is 1.99. The Morgan fingerprint density at radius 2 is 1.95 bits per heavy atom. The molecule has 0 aromatic carbocycles. The van der Waals surface area contributed by atoms with E-state index < -0.39 is 0 Å². The predicted molar refractivity (Wildman–Crippen MR) is 77.3 cm³/mol. The van der Waals surface area contributed by atoms with E-state index in [-0.39, 0.29) is 0 Å². The van der Waals surface area contributed by atoms with Crippen LogP contribution in [0.15, 0.2) is 12.1 Å². The maximum atomic E-state index is 4.46. The molecule has 0 saturated heterocycles. The van der Waals surface area contributed by atoms with Gasteiger partial charge in [0.1, 0.15) is 5.82 Å². The molecule has 2 aromatic heterocycles. The van der Waals surface area contributed by atoms with E-state index in [1.54, 1.807) is 4.52 Å². The van der Waals surface area contributed by atoms with Crippen molar-refractivity contribution >= 4 is 11.5 Å². The van der Waals surface area contributed by atoms with Gasteiger partial charge >= 0.3 is 0 Å². The van der Waals surface area contributed by atoms with Crippen molar-refractivity contribution in [1.29, 1.82) is 0 Å². The molecule has 5 nitrogen and oxygen atoms in total. The Hall–Kier alpha value is -1.65. The lowest BCUT2D eigenvalue weighted by molar-refractivity contribution is 0.362. The molecule has 0 unspecified atom stereocenters. The quantitative estimate of drug-likeness (QED) is 0.840. The van der Waals surface area contributed by atoms with E-state index in [1.807, 2.05) is 19.1 Å². The first kappa shape index (κ1) is 13.8. The first-order valence-electron chi connectivity index (χ1n) is 6.89. The lowest BCUT2D eigenvalue weighted by Crippen LogP contribution is -2.08. The first-order chi connectivity index (χ1) is 8.96. The van der Waals surface area contributed by atoms with E-state index in [1.165, 1.54) is 12.8 Å². The third kappa shape index (κ3) is 3.91. The van der Waals surface area contributed by atoms with E-state index in [0.717, 1.165) is 30.3 Å². The highest BCUT2D eigenvalue weighted by molar-refractivity contribution is 5.43. The molecule has 1 N–H and O–H groups in total. The third-order valence-electron chi connectivity index (χ3n) is 3.08. The van der Waals surface area contributed by atoms with Gasteiger partial charge < -0.3 is 5.32 Å². The number of aromatic nitrogens is 4. The molecular weight excluding hydrogens is 238 g/mol. The smallest absolute Gasteiger partial charge is 0.178 e. The summed E-state index contributed by atoms with van der Waals surface area (Å²) in [6.07, 6.45) is 3.66. The van der Waals surface area contributed by atoms with Crippen molar-refractivity contribution in [1.82, 2.24) is 19.8 Å². The van der Waals surface area contributed by atoms with Gasteiger partial charge in [0.25, 0.3) is 0 Å². The molecule has 0 amide bonds. The van der Waals surface area contributed by atoms with Crippen molar-refractivity contribution < 1.29 is 0 Å². The Bertz CT molecular complexity index is 538.